The first kappa shape index (κ1) is 13.1. The van der Waals surface area contributed by atoms with Crippen molar-refractivity contribution in [1.82, 2.24) is 9.88 Å². The van der Waals surface area contributed by atoms with E-state index < -0.39 is 5.97 Å². The van der Waals surface area contributed by atoms with E-state index in [1.807, 2.05) is 6.92 Å². The minimum Gasteiger partial charge on any atom is -0.476 e. The largest absolute Gasteiger partial charge is 0.476 e. The first-order valence-electron chi connectivity index (χ1n) is 5.18. The third-order valence-electron chi connectivity index (χ3n) is 2.20. The molecule has 1 aromatic rings. The highest BCUT2D eigenvalue weighted by molar-refractivity contribution is 7.11. The summed E-state index contributed by atoms with van der Waals surface area (Å²) in [7, 11) is 0. The molecule has 0 fully saturated rings. The quantitative estimate of drug-likeness (QED) is 0.750. The number of carbonyl (C=O) groups is 1. The van der Waals surface area contributed by atoms with Gasteiger partial charge in [0.15, 0.2) is 0 Å². The van der Waals surface area contributed by atoms with Gasteiger partial charge in [-0.3, -0.25) is 4.90 Å². The Morgan fingerprint density at radius 2 is 2.38 bits per heavy atom. The van der Waals surface area contributed by atoms with Crippen LogP contribution in [-0.4, -0.2) is 45.8 Å². The second kappa shape index (κ2) is 6.57. The van der Waals surface area contributed by atoms with Crippen molar-refractivity contribution in [3.63, 3.8) is 0 Å². The summed E-state index contributed by atoms with van der Waals surface area (Å²) in [5, 5.41) is 19.4. The lowest BCUT2D eigenvalue weighted by atomic mass is 10.3. The van der Waals surface area contributed by atoms with E-state index in [0.717, 1.165) is 36.5 Å². The number of rotatable bonds is 7. The van der Waals surface area contributed by atoms with E-state index >= 15 is 0 Å². The summed E-state index contributed by atoms with van der Waals surface area (Å²) in [5.74, 6) is -0.977. The van der Waals surface area contributed by atoms with Crippen LogP contribution in [0, 0.1) is 0 Å². The Morgan fingerprint density at radius 3 is 2.88 bits per heavy atom. The topological polar surface area (TPSA) is 73.7 Å². The second-order valence-electron chi connectivity index (χ2n) is 3.40. The molecule has 0 aromatic carbocycles. The van der Waals surface area contributed by atoms with Crippen LogP contribution in [0.3, 0.4) is 0 Å². The van der Waals surface area contributed by atoms with Gasteiger partial charge in [-0.1, -0.05) is 6.92 Å². The molecule has 0 saturated carbocycles. The zero-order chi connectivity index (χ0) is 12.0. The van der Waals surface area contributed by atoms with E-state index in [-0.39, 0.29) is 11.6 Å². The first-order chi connectivity index (χ1) is 7.67. The van der Waals surface area contributed by atoms with E-state index in [2.05, 4.69) is 9.88 Å². The molecule has 6 heteroatoms. The number of hydrogen-bond acceptors (Lipinski definition) is 5. The molecule has 0 aliphatic rings. The lowest BCUT2D eigenvalue weighted by Gasteiger charge is -2.18. The van der Waals surface area contributed by atoms with Crippen molar-refractivity contribution in [3.05, 3.63) is 16.1 Å². The number of carboxylic acid groups (broad SMARTS) is 1. The standard InChI is InChI=1S/C10H16N2O3S/c1-2-12(4-3-5-13)6-8-7-16-9(11-8)10(14)15/h7,13H,2-6H2,1H3,(H,14,15). The van der Waals surface area contributed by atoms with Crippen LogP contribution in [0.2, 0.25) is 0 Å². The number of carboxylic acids is 1. The third kappa shape index (κ3) is 3.88. The summed E-state index contributed by atoms with van der Waals surface area (Å²) < 4.78 is 0. The molecular formula is C10H16N2O3S. The Morgan fingerprint density at radius 1 is 1.62 bits per heavy atom. The molecule has 5 nitrogen and oxygen atoms in total. The highest BCUT2D eigenvalue weighted by Gasteiger charge is 2.11. The Balaban J connectivity index is 2.52. The number of nitrogens with zero attached hydrogens (tertiary/aromatic N) is 2. The molecule has 0 bridgehead atoms. The summed E-state index contributed by atoms with van der Waals surface area (Å²) >= 11 is 1.15. The fourth-order valence-electron chi connectivity index (χ4n) is 1.35. The average Bonchev–Trinajstić information content (AvgIpc) is 2.72. The molecule has 0 amide bonds. The molecule has 2 N–H and O–H groups in total. The van der Waals surface area contributed by atoms with Crippen LogP contribution in [0.1, 0.15) is 28.8 Å². The van der Waals surface area contributed by atoms with Crippen molar-refractivity contribution < 1.29 is 15.0 Å². The van der Waals surface area contributed by atoms with Crippen LogP contribution in [0.4, 0.5) is 0 Å². The SMILES string of the molecule is CCN(CCCO)Cc1csc(C(=O)O)n1. The predicted octanol–water partition coefficient (Wildman–Crippen LogP) is 1.05. The van der Waals surface area contributed by atoms with Gasteiger partial charge >= 0.3 is 5.97 Å². The lowest BCUT2D eigenvalue weighted by molar-refractivity contribution is 0.0696. The summed E-state index contributed by atoms with van der Waals surface area (Å²) in [4.78, 5) is 16.8. The normalized spacial score (nSPS) is 10.9. The maximum Gasteiger partial charge on any atom is 0.365 e. The Labute approximate surface area is 98.4 Å². The van der Waals surface area contributed by atoms with Crippen molar-refractivity contribution in [2.45, 2.75) is 19.9 Å². The molecule has 0 radical (unpaired) electrons. The third-order valence-corrected chi connectivity index (χ3v) is 3.08. The maximum atomic E-state index is 10.6. The smallest absolute Gasteiger partial charge is 0.365 e. The van der Waals surface area contributed by atoms with Crippen LogP contribution in [0.15, 0.2) is 5.38 Å². The van der Waals surface area contributed by atoms with Gasteiger partial charge in [0, 0.05) is 25.1 Å². The molecule has 1 aromatic heterocycles. The monoisotopic (exact) mass is 244 g/mol. The van der Waals surface area contributed by atoms with Crippen molar-refractivity contribution >= 4 is 17.3 Å². The summed E-state index contributed by atoms with van der Waals surface area (Å²) in [6, 6.07) is 0. The molecule has 0 unspecified atom stereocenters. The minimum absolute atomic E-state index is 0.133. The van der Waals surface area contributed by atoms with Gasteiger partial charge in [0.1, 0.15) is 0 Å². The van der Waals surface area contributed by atoms with Gasteiger partial charge in [-0.25, -0.2) is 9.78 Å². The van der Waals surface area contributed by atoms with Crippen molar-refractivity contribution in [2.75, 3.05) is 19.7 Å². The number of aromatic carboxylic acids is 1. The fourth-order valence-corrected chi connectivity index (χ4v) is 2.00. The predicted molar refractivity (Wildman–Crippen MR) is 61.7 cm³/mol. The van der Waals surface area contributed by atoms with Crippen LogP contribution in [-0.2, 0) is 6.54 Å². The Hall–Kier alpha value is -0.980. The lowest BCUT2D eigenvalue weighted by Crippen LogP contribution is -2.24. The molecule has 90 valence electrons. The molecule has 0 saturated heterocycles. The van der Waals surface area contributed by atoms with Crippen molar-refractivity contribution in [2.24, 2.45) is 0 Å². The van der Waals surface area contributed by atoms with Crippen LogP contribution in [0.25, 0.3) is 0 Å². The van der Waals surface area contributed by atoms with E-state index in [4.69, 9.17) is 10.2 Å². The molecule has 16 heavy (non-hydrogen) atoms. The maximum absolute atomic E-state index is 10.6. The molecular weight excluding hydrogens is 228 g/mol. The van der Waals surface area contributed by atoms with Crippen LogP contribution in [0.5, 0.6) is 0 Å². The zero-order valence-electron chi connectivity index (χ0n) is 9.22. The van der Waals surface area contributed by atoms with Crippen LogP contribution < -0.4 is 0 Å². The highest BCUT2D eigenvalue weighted by Crippen LogP contribution is 2.11. The van der Waals surface area contributed by atoms with Gasteiger partial charge in [0.2, 0.25) is 5.01 Å². The highest BCUT2D eigenvalue weighted by atomic mass is 32.1. The summed E-state index contributed by atoms with van der Waals surface area (Å²) in [5.41, 5.74) is 0.780. The van der Waals surface area contributed by atoms with Gasteiger partial charge < -0.3 is 10.2 Å². The fraction of sp³-hybridized carbons (Fsp3) is 0.600. The van der Waals surface area contributed by atoms with Gasteiger partial charge in [0.25, 0.3) is 0 Å². The first-order valence-corrected chi connectivity index (χ1v) is 6.06. The van der Waals surface area contributed by atoms with Gasteiger partial charge in [-0.15, -0.1) is 11.3 Å². The minimum atomic E-state index is -0.977. The summed E-state index contributed by atoms with van der Waals surface area (Å²) in [6.45, 7) is 4.50. The van der Waals surface area contributed by atoms with Gasteiger partial charge in [-0.2, -0.15) is 0 Å². The second-order valence-corrected chi connectivity index (χ2v) is 4.25. The van der Waals surface area contributed by atoms with E-state index in [9.17, 15) is 4.79 Å². The Kier molecular flexibility index (Phi) is 5.37. The average molecular weight is 244 g/mol. The van der Waals surface area contributed by atoms with Gasteiger partial charge in [0.05, 0.1) is 5.69 Å². The summed E-state index contributed by atoms with van der Waals surface area (Å²) in [6.07, 6.45) is 0.726. The zero-order valence-corrected chi connectivity index (χ0v) is 10.0. The number of aliphatic hydroxyl groups excluding tert-OH is 1. The Bertz CT molecular complexity index is 341. The van der Waals surface area contributed by atoms with E-state index in [1.165, 1.54) is 0 Å². The van der Waals surface area contributed by atoms with Crippen LogP contribution >= 0.6 is 11.3 Å². The molecule has 0 atom stereocenters. The number of aliphatic hydroxyl groups is 1. The van der Waals surface area contributed by atoms with Crippen molar-refractivity contribution in [1.29, 1.82) is 0 Å². The molecule has 1 heterocycles. The molecule has 1 rings (SSSR count). The van der Waals surface area contributed by atoms with E-state index in [0.29, 0.717) is 6.54 Å². The molecule has 0 spiro atoms. The van der Waals surface area contributed by atoms with Crippen molar-refractivity contribution in [3.8, 4) is 0 Å². The van der Waals surface area contributed by atoms with E-state index in [1.54, 1.807) is 5.38 Å². The number of aromatic nitrogens is 1. The number of hydrogen-bond donors (Lipinski definition) is 2. The molecule has 0 aliphatic heterocycles. The number of thiazole rings is 1. The molecule has 0 aliphatic carbocycles. The van der Waals surface area contributed by atoms with Gasteiger partial charge in [-0.05, 0) is 13.0 Å².